The number of rotatable bonds is 14. The van der Waals surface area contributed by atoms with Crippen molar-refractivity contribution in [1.29, 1.82) is 0 Å². The second kappa shape index (κ2) is 15.2. The predicted octanol–water partition coefficient (Wildman–Crippen LogP) is 4.99. The molecule has 246 valence electrons. The predicted molar refractivity (Wildman–Crippen MR) is 182 cm³/mol. The lowest BCUT2D eigenvalue weighted by Crippen LogP contribution is -2.52. The second-order valence-electron chi connectivity index (χ2n) is 12.0. The van der Waals surface area contributed by atoms with E-state index in [2.05, 4.69) is 15.6 Å². The third kappa shape index (κ3) is 9.12. The first-order valence-electron chi connectivity index (χ1n) is 15.1. The van der Waals surface area contributed by atoms with Crippen LogP contribution in [-0.2, 0) is 26.0 Å². The summed E-state index contributed by atoms with van der Waals surface area (Å²) in [6, 6.07) is 17.2. The molecule has 0 aliphatic carbocycles. The van der Waals surface area contributed by atoms with Crippen molar-refractivity contribution < 1.29 is 27.9 Å². The number of nitrogens with one attached hydrogen (secondary N) is 2. The molecule has 4 rings (SSSR count). The number of carbonyl (C=O) groups excluding carboxylic acids is 2. The van der Waals surface area contributed by atoms with Crippen LogP contribution in [0.2, 0.25) is 0 Å². The molecule has 0 bridgehead atoms. The van der Waals surface area contributed by atoms with Gasteiger partial charge in [-0.3, -0.25) is 9.59 Å². The van der Waals surface area contributed by atoms with Crippen molar-refractivity contribution in [3.63, 3.8) is 0 Å². The number of fused-ring (bicyclic) bond motifs is 1. The van der Waals surface area contributed by atoms with Gasteiger partial charge in [0.1, 0.15) is 5.75 Å². The largest absolute Gasteiger partial charge is 0.483 e. The summed E-state index contributed by atoms with van der Waals surface area (Å²) in [5, 5.41) is 17.5. The molecule has 3 N–H and O–H groups in total. The minimum Gasteiger partial charge on any atom is -0.483 e. The molecule has 0 spiro atoms. The van der Waals surface area contributed by atoms with Crippen LogP contribution in [0.4, 0.5) is 5.13 Å². The number of aromatic nitrogens is 1. The fourth-order valence-corrected chi connectivity index (χ4v) is 8.04. The average Bonchev–Trinajstić information content (AvgIpc) is 3.37. The van der Waals surface area contributed by atoms with E-state index in [9.17, 15) is 23.1 Å². The van der Waals surface area contributed by atoms with Gasteiger partial charge in [-0.2, -0.15) is 4.31 Å². The van der Waals surface area contributed by atoms with Gasteiger partial charge in [0.15, 0.2) is 11.7 Å². The summed E-state index contributed by atoms with van der Waals surface area (Å²) >= 11 is 1.18. The van der Waals surface area contributed by atoms with Crippen molar-refractivity contribution in [2.45, 2.75) is 65.0 Å². The molecular formula is C34H42N4O6S2. The van der Waals surface area contributed by atoms with E-state index in [1.54, 1.807) is 6.07 Å². The highest BCUT2D eigenvalue weighted by molar-refractivity contribution is 7.89. The SMILES string of the molecule is CC(=O)Nc1nc2ccc(S(=O)(=O)N(CC(C)C)C[C@@H](O)[C@H](Cc3ccccc3)NC(=O)COc3c(C)cc(C)cc3C)cc2s1. The average molecular weight is 667 g/mol. The van der Waals surface area contributed by atoms with Crippen LogP contribution in [0.15, 0.2) is 65.6 Å². The molecule has 0 fully saturated rings. The van der Waals surface area contributed by atoms with Crippen LogP contribution >= 0.6 is 11.3 Å². The number of aliphatic hydroxyl groups excluding tert-OH is 1. The summed E-state index contributed by atoms with van der Waals surface area (Å²) in [5.74, 6) is -0.106. The van der Waals surface area contributed by atoms with Gasteiger partial charge in [0.25, 0.3) is 5.91 Å². The van der Waals surface area contributed by atoms with Crippen molar-refractivity contribution >= 4 is 48.5 Å². The van der Waals surface area contributed by atoms with Crippen molar-refractivity contribution in [2.24, 2.45) is 5.92 Å². The highest BCUT2D eigenvalue weighted by Gasteiger charge is 2.32. The third-order valence-electron chi connectivity index (χ3n) is 7.30. The van der Waals surface area contributed by atoms with Crippen molar-refractivity contribution in [1.82, 2.24) is 14.6 Å². The number of thiazole rings is 1. The number of sulfonamides is 1. The maximum Gasteiger partial charge on any atom is 0.258 e. The Bertz CT molecular complexity index is 1770. The van der Waals surface area contributed by atoms with Crippen LogP contribution in [0, 0.1) is 26.7 Å². The lowest BCUT2D eigenvalue weighted by atomic mass is 10.0. The molecule has 3 aromatic carbocycles. The Morgan fingerprint density at radius 3 is 2.30 bits per heavy atom. The first-order valence-corrected chi connectivity index (χ1v) is 17.4. The standard InChI is InChI=1S/C34H42N4O6S2/c1-21(2)18-38(46(42,43)27-12-13-28-31(17-27)45-34(37-28)35-25(6)39)19-30(40)29(16-26-10-8-7-9-11-26)36-32(41)20-44-33-23(4)14-22(3)15-24(33)5/h7-15,17,21,29-30,40H,16,18-20H2,1-6H3,(H,36,41)(H,35,37,39)/t29-,30+/m0/s1. The van der Waals surface area contributed by atoms with Gasteiger partial charge in [0.2, 0.25) is 15.9 Å². The lowest BCUT2D eigenvalue weighted by Gasteiger charge is -2.30. The molecule has 0 radical (unpaired) electrons. The molecule has 0 aliphatic rings. The molecule has 0 aliphatic heterocycles. The minimum atomic E-state index is -4.06. The van der Waals surface area contributed by atoms with Gasteiger partial charge >= 0.3 is 0 Å². The van der Waals surface area contributed by atoms with Crippen LogP contribution in [0.1, 0.15) is 43.0 Å². The first-order chi connectivity index (χ1) is 21.7. The monoisotopic (exact) mass is 666 g/mol. The topological polar surface area (TPSA) is 138 Å². The van der Waals surface area contributed by atoms with Crippen LogP contribution in [0.5, 0.6) is 5.75 Å². The fourth-order valence-electron chi connectivity index (χ4n) is 5.36. The molecular weight excluding hydrogens is 625 g/mol. The molecule has 2 amide bonds. The number of ether oxygens (including phenoxy) is 1. The van der Waals surface area contributed by atoms with E-state index in [1.165, 1.54) is 34.7 Å². The number of amides is 2. The Morgan fingerprint density at radius 1 is 1.00 bits per heavy atom. The van der Waals surface area contributed by atoms with Crippen molar-refractivity contribution in [2.75, 3.05) is 25.0 Å². The molecule has 0 unspecified atom stereocenters. The Labute approximate surface area is 274 Å². The smallest absolute Gasteiger partial charge is 0.258 e. The zero-order chi connectivity index (χ0) is 33.6. The number of benzene rings is 3. The van der Waals surface area contributed by atoms with Gasteiger partial charge < -0.3 is 20.5 Å². The lowest BCUT2D eigenvalue weighted by molar-refractivity contribution is -0.124. The molecule has 46 heavy (non-hydrogen) atoms. The fraction of sp³-hybridized carbons (Fsp3) is 0.382. The summed E-state index contributed by atoms with van der Waals surface area (Å²) in [6.45, 7) is 10.7. The number of aryl methyl sites for hydroxylation is 3. The molecule has 1 aromatic heterocycles. The Morgan fingerprint density at radius 2 is 1.67 bits per heavy atom. The Kier molecular flexibility index (Phi) is 11.5. The van der Waals surface area contributed by atoms with E-state index in [0.717, 1.165) is 22.3 Å². The highest BCUT2D eigenvalue weighted by Crippen LogP contribution is 2.30. The van der Waals surface area contributed by atoms with Crippen LogP contribution in [0.25, 0.3) is 10.2 Å². The number of aliphatic hydroxyl groups is 1. The number of carbonyl (C=O) groups is 2. The molecule has 0 saturated heterocycles. The van der Waals surface area contributed by atoms with Crippen LogP contribution < -0.4 is 15.4 Å². The first kappa shape index (κ1) is 35.0. The van der Waals surface area contributed by atoms with Gasteiger partial charge in [0.05, 0.1) is 27.3 Å². The quantitative estimate of drug-likeness (QED) is 0.172. The number of nitrogens with zero attached hydrogens (tertiary/aromatic N) is 2. The maximum absolute atomic E-state index is 14.0. The zero-order valence-corrected chi connectivity index (χ0v) is 28.7. The molecule has 1 heterocycles. The number of anilines is 1. The van der Waals surface area contributed by atoms with Gasteiger partial charge in [-0.25, -0.2) is 13.4 Å². The molecule has 2 atom stereocenters. The molecule has 0 saturated carbocycles. The summed E-state index contributed by atoms with van der Waals surface area (Å²) in [7, 11) is -4.06. The highest BCUT2D eigenvalue weighted by atomic mass is 32.2. The van der Waals surface area contributed by atoms with E-state index in [-0.39, 0.29) is 42.8 Å². The van der Waals surface area contributed by atoms with E-state index in [4.69, 9.17) is 4.74 Å². The molecule has 10 nitrogen and oxygen atoms in total. The van der Waals surface area contributed by atoms with Crippen LogP contribution in [-0.4, -0.2) is 66.5 Å². The van der Waals surface area contributed by atoms with Gasteiger partial charge in [0, 0.05) is 20.0 Å². The van der Waals surface area contributed by atoms with E-state index in [1.807, 2.05) is 77.1 Å². The summed E-state index contributed by atoms with van der Waals surface area (Å²) in [5.41, 5.74) is 4.38. The summed E-state index contributed by atoms with van der Waals surface area (Å²) in [6.07, 6.45) is -0.955. The zero-order valence-electron chi connectivity index (χ0n) is 27.0. The normalized spacial score (nSPS) is 13.2. The molecule has 4 aromatic rings. The summed E-state index contributed by atoms with van der Waals surface area (Å²) < 4.78 is 35.8. The van der Waals surface area contributed by atoms with Gasteiger partial charge in [-0.05, 0) is 68.0 Å². The van der Waals surface area contributed by atoms with Crippen molar-refractivity contribution in [3.8, 4) is 5.75 Å². The van der Waals surface area contributed by atoms with E-state index in [0.29, 0.717) is 21.1 Å². The second-order valence-corrected chi connectivity index (χ2v) is 15.0. The molecule has 12 heteroatoms. The van der Waals surface area contributed by atoms with E-state index >= 15 is 0 Å². The summed E-state index contributed by atoms with van der Waals surface area (Å²) in [4.78, 5) is 29.1. The van der Waals surface area contributed by atoms with E-state index < -0.39 is 28.1 Å². The number of hydrogen-bond acceptors (Lipinski definition) is 8. The minimum absolute atomic E-state index is 0.0444. The Hall–Kier alpha value is -3.84. The van der Waals surface area contributed by atoms with Gasteiger partial charge in [-0.15, -0.1) is 0 Å². The number of hydrogen-bond donors (Lipinski definition) is 3. The third-order valence-corrected chi connectivity index (χ3v) is 10.1. The van der Waals surface area contributed by atoms with Gasteiger partial charge in [-0.1, -0.05) is 73.2 Å². The maximum atomic E-state index is 14.0. The van der Waals surface area contributed by atoms with Crippen LogP contribution in [0.3, 0.4) is 0 Å². The Balaban J connectivity index is 1.56. The van der Waals surface area contributed by atoms with Crippen molar-refractivity contribution in [3.05, 3.63) is 82.9 Å².